The van der Waals surface area contributed by atoms with Crippen LogP contribution in [0.4, 0.5) is 17.3 Å². The number of piperazine rings is 1. The first-order valence-corrected chi connectivity index (χ1v) is 11.7. The van der Waals surface area contributed by atoms with E-state index in [1.807, 2.05) is 12.1 Å². The van der Waals surface area contributed by atoms with Gasteiger partial charge in [-0.05, 0) is 56.1 Å². The highest BCUT2D eigenvalue weighted by molar-refractivity contribution is 6.32. The first-order chi connectivity index (χ1) is 16.0. The van der Waals surface area contributed by atoms with Gasteiger partial charge in [0.05, 0.1) is 11.8 Å². The van der Waals surface area contributed by atoms with Crippen LogP contribution < -0.4 is 15.5 Å². The Labute approximate surface area is 198 Å². The minimum atomic E-state index is -0.0791. The Kier molecular flexibility index (Phi) is 6.20. The molecule has 2 N–H and O–H groups in total. The number of hydrogen-bond donors (Lipinski definition) is 2. The van der Waals surface area contributed by atoms with Crippen LogP contribution in [0.2, 0.25) is 5.02 Å². The first kappa shape index (κ1) is 21.7. The van der Waals surface area contributed by atoms with Gasteiger partial charge in [0.15, 0.2) is 5.82 Å². The summed E-state index contributed by atoms with van der Waals surface area (Å²) in [5.41, 5.74) is 2.69. The second-order valence-electron chi connectivity index (χ2n) is 8.79. The van der Waals surface area contributed by atoms with Crippen molar-refractivity contribution in [1.82, 2.24) is 24.8 Å². The van der Waals surface area contributed by atoms with Gasteiger partial charge in [-0.25, -0.2) is 4.98 Å². The molecule has 0 bridgehead atoms. The number of aromatic nitrogens is 3. The number of amides is 1. The molecule has 2 fully saturated rings. The highest BCUT2D eigenvalue weighted by atomic mass is 35.5. The summed E-state index contributed by atoms with van der Waals surface area (Å²) in [6.07, 6.45) is 7.50. The lowest BCUT2D eigenvalue weighted by Crippen LogP contribution is -2.44. The van der Waals surface area contributed by atoms with Crippen LogP contribution in [0.25, 0.3) is 5.82 Å². The third kappa shape index (κ3) is 5.29. The minimum Gasteiger partial charge on any atom is -0.369 e. The van der Waals surface area contributed by atoms with Crippen molar-refractivity contribution in [1.29, 1.82) is 0 Å². The summed E-state index contributed by atoms with van der Waals surface area (Å²) in [5.74, 6) is 1.51. The lowest BCUT2D eigenvalue weighted by Gasteiger charge is -2.34. The molecule has 3 aromatic rings. The summed E-state index contributed by atoms with van der Waals surface area (Å²) >= 11 is 6.37. The number of hydrogen-bond acceptors (Lipinski definition) is 6. The third-order valence-electron chi connectivity index (χ3n) is 6.17. The zero-order valence-corrected chi connectivity index (χ0v) is 19.4. The molecule has 1 saturated carbocycles. The van der Waals surface area contributed by atoms with Crippen LogP contribution in [0.3, 0.4) is 0 Å². The lowest BCUT2D eigenvalue weighted by molar-refractivity contribution is 0.0952. The van der Waals surface area contributed by atoms with Gasteiger partial charge < -0.3 is 25.0 Å². The third-order valence-corrected chi connectivity index (χ3v) is 6.43. The average Bonchev–Trinajstić information content (AvgIpc) is 3.53. The van der Waals surface area contributed by atoms with Gasteiger partial charge in [-0.2, -0.15) is 4.98 Å². The van der Waals surface area contributed by atoms with Gasteiger partial charge in [0.25, 0.3) is 5.91 Å². The molecular weight excluding hydrogens is 438 g/mol. The average molecular weight is 466 g/mol. The van der Waals surface area contributed by atoms with Crippen LogP contribution in [0.5, 0.6) is 0 Å². The van der Waals surface area contributed by atoms with E-state index in [-0.39, 0.29) is 5.91 Å². The summed E-state index contributed by atoms with van der Waals surface area (Å²) in [5, 5.41) is 6.63. The normalized spacial score (nSPS) is 16.6. The van der Waals surface area contributed by atoms with E-state index in [4.69, 9.17) is 11.6 Å². The summed E-state index contributed by atoms with van der Waals surface area (Å²) in [6, 6.07) is 10.1. The SMILES string of the molecule is CN1CCN(c2ccc(Nc3ncc(Cl)c(-n4ccc(C(=O)NCC5CC5)c4)n3)cc2)CC1. The number of anilines is 3. The van der Waals surface area contributed by atoms with Crippen molar-refractivity contribution in [2.45, 2.75) is 12.8 Å². The van der Waals surface area contributed by atoms with Crippen LogP contribution in [-0.2, 0) is 0 Å². The van der Waals surface area contributed by atoms with Gasteiger partial charge in [0.1, 0.15) is 5.02 Å². The fraction of sp³-hybridized carbons (Fsp3) is 0.375. The number of nitrogens with one attached hydrogen (secondary N) is 2. The van der Waals surface area contributed by atoms with E-state index in [1.165, 1.54) is 18.5 Å². The summed E-state index contributed by atoms with van der Waals surface area (Å²) in [6.45, 7) is 4.95. The van der Waals surface area contributed by atoms with Crippen molar-refractivity contribution in [3.05, 3.63) is 59.5 Å². The van der Waals surface area contributed by atoms with Gasteiger partial charge in [-0.15, -0.1) is 0 Å². The largest absolute Gasteiger partial charge is 0.369 e. The molecule has 172 valence electrons. The van der Waals surface area contributed by atoms with Gasteiger partial charge in [-0.3, -0.25) is 4.79 Å². The Morgan fingerprint density at radius 2 is 1.88 bits per heavy atom. The predicted molar refractivity (Wildman–Crippen MR) is 131 cm³/mol. The van der Waals surface area contributed by atoms with Crippen LogP contribution in [-0.4, -0.2) is 65.1 Å². The molecule has 2 aliphatic rings. The Morgan fingerprint density at radius 3 is 2.61 bits per heavy atom. The van der Waals surface area contributed by atoms with E-state index >= 15 is 0 Å². The lowest BCUT2D eigenvalue weighted by atomic mass is 10.2. The number of rotatable bonds is 7. The van der Waals surface area contributed by atoms with Gasteiger partial charge in [0, 0.05) is 56.5 Å². The molecule has 1 amide bonds. The fourth-order valence-corrected chi connectivity index (χ4v) is 4.06. The van der Waals surface area contributed by atoms with Crippen molar-refractivity contribution in [3.63, 3.8) is 0 Å². The summed E-state index contributed by atoms with van der Waals surface area (Å²) in [7, 11) is 2.16. The Hall–Kier alpha value is -3.10. The van der Waals surface area contributed by atoms with E-state index in [0.717, 1.165) is 38.4 Å². The molecule has 8 nitrogen and oxygen atoms in total. The van der Waals surface area contributed by atoms with Crippen LogP contribution >= 0.6 is 11.6 Å². The van der Waals surface area contributed by atoms with Crippen LogP contribution in [0, 0.1) is 5.92 Å². The molecule has 1 aliphatic carbocycles. The Balaban J connectivity index is 1.26. The van der Waals surface area contributed by atoms with Crippen LogP contribution in [0.1, 0.15) is 23.2 Å². The molecule has 9 heteroatoms. The van der Waals surface area contributed by atoms with Crippen molar-refractivity contribution in [2.75, 3.05) is 50.0 Å². The maximum Gasteiger partial charge on any atom is 0.252 e. The molecule has 0 spiro atoms. The number of carbonyl (C=O) groups excluding carboxylic acids is 1. The number of benzene rings is 1. The summed E-state index contributed by atoms with van der Waals surface area (Å²) < 4.78 is 1.75. The molecule has 1 saturated heterocycles. The van der Waals surface area contributed by atoms with Crippen molar-refractivity contribution >= 4 is 34.8 Å². The molecule has 3 heterocycles. The van der Waals surface area contributed by atoms with Crippen LogP contribution in [0.15, 0.2) is 48.9 Å². The molecule has 1 aliphatic heterocycles. The number of halogens is 1. The molecule has 0 unspecified atom stereocenters. The molecule has 33 heavy (non-hydrogen) atoms. The fourth-order valence-electron chi connectivity index (χ4n) is 3.87. The predicted octanol–water partition coefficient (Wildman–Crippen LogP) is 3.56. The zero-order valence-electron chi connectivity index (χ0n) is 18.7. The second kappa shape index (κ2) is 9.41. The maximum atomic E-state index is 12.4. The zero-order chi connectivity index (χ0) is 22.8. The maximum absolute atomic E-state index is 12.4. The van der Waals surface area contributed by atoms with E-state index < -0.39 is 0 Å². The highest BCUT2D eigenvalue weighted by Gasteiger charge is 2.22. The van der Waals surface area contributed by atoms with Gasteiger partial charge >= 0.3 is 0 Å². The number of carbonyl (C=O) groups is 1. The van der Waals surface area contributed by atoms with E-state index in [1.54, 1.807) is 29.2 Å². The van der Waals surface area contributed by atoms with Crippen molar-refractivity contribution in [3.8, 4) is 5.82 Å². The molecule has 5 rings (SSSR count). The smallest absolute Gasteiger partial charge is 0.252 e. The molecule has 0 radical (unpaired) electrons. The molecular formula is C24H28ClN7O. The molecule has 2 aromatic heterocycles. The second-order valence-corrected chi connectivity index (χ2v) is 9.20. The van der Waals surface area contributed by atoms with E-state index in [9.17, 15) is 4.79 Å². The quantitative estimate of drug-likeness (QED) is 0.555. The van der Waals surface area contributed by atoms with Gasteiger partial charge in [0.2, 0.25) is 5.95 Å². The molecule has 1 aromatic carbocycles. The van der Waals surface area contributed by atoms with Crippen molar-refractivity contribution < 1.29 is 4.79 Å². The Bertz CT molecular complexity index is 1120. The number of nitrogens with zero attached hydrogens (tertiary/aromatic N) is 5. The minimum absolute atomic E-state index is 0.0791. The molecule has 0 atom stereocenters. The number of likely N-dealkylation sites (N-methyl/N-ethyl adjacent to an activating group) is 1. The van der Waals surface area contributed by atoms with E-state index in [0.29, 0.717) is 28.3 Å². The monoisotopic (exact) mass is 465 g/mol. The van der Waals surface area contributed by atoms with Crippen molar-refractivity contribution in [2.24, 2.45) is 5.92 Å². The Morgan fingerprint density at radius 1 is 1.12 bits per heavy atom. The standard InChI is InChI=1S/C24H28ClN7O/c1-30-10-12-31(13-11-30)20-6-4-19(5-7-20)28-24-27-15-21(25)22(29-24)32-9-8-18(16-32)23(33)26-14-17-2-3-17/h4-9,15-17H,2-3,10-14H2,1H3,(H,26,33)(H,27,28,29). The topological polar surface area (TPSA) is 78.3 Å². The van der Waals surface area contributed by atoms with E-state index in [2.05, 4.69) is 49.6 Å². The van der Waals surface area contributed by atoms with Gasteiger partial charge in [-0.1, -0.05) is 11.6 Å². The highest BCUT2D eigenvalue weighted by Crippen LogP contribution is 2.28. The summed E-state index contributed by atoms with van der Waals surface area (Å²) in [4.78, 5) is 26.0. The first-order valence-electron chi connectivity index (χ1n) is 11.3.